The van der Waals surface area contributed by atoms with Crippen molar-refractivity contribution in [3.05, 3.63) is 53.1 Å². The molecule has 0 saturated carbocycles. The first kappa shape index (κ1) is 22.2. The molecule has 0 radical (unpaired) electrons. The van der Waals surface area contributed by atoms with Crippen molar-refractivity contribution in [1.82, 2.24) is 15.1 Å². The lowest BCUT2D eigenvalue weighted by molar-refractivity contribution is -0.122. The van der Waals surface area contributed by atoms with E-state index >= 15 is 0 Å². The van der Waals surface area contributed by atoms with E-state index in [2.05, 4.69) is 15.7 Å². The zero-order valence-electron chi connectivity index (χ0n) is 19.0. The van der Waals surface area contributed by atoms with Gasteiger partial charge in [-0.15, -0.1) is 0 Å². The minimum Gasteiger partial charge on any atom is -0.490 e. The third-order valence-electron chi connectivity index (χ3n) is 5.42. The number of methoxy groups -OCH3 is 1. The van der Waals surface area contributed by atoms with Gasteiger partial charge in [-0.2, -0.15) is 5.10 Å². The maximum absolute atomic E-state index is 11.9. The summed E-state index contributed by atoms with van der Waals surface area (Å²) in [6.07, 6.45) is 0.660. The third kappa shape index (κ3) is 4.34. The highest BCUT2D eigenvalue weighted by Gasteiger charge is 2.29. The Kier molecular flexibility index (Phi) is 6.21. The molecule has 1 amide bonds. The van der Waals surface area contributed by atoms with E-state index in [1.807, 2.05) is 36.9 Å². The molecule has 0 saturated heterocycles. The summed E-state index contributed by atoms with van der Waals surface area (Å²) in [7, 11) is 4.80. The van der Waals surface area contributed by atoms with Gasteiger partial charge in [0, 0.05) is 37.3 Å². The van der Waals surface area contributed by atoms with Crippen LogP contribution in [0.2, 0.25) is 0 Å². The average Bonchev–Trinajstić information content (AvgIpc) is 3.33. The van der Waals surface area contributed by atoms with Crippen LogP contribution in [-0.4, -0.2) is 49.0 Å². The number of amides is 1. The van der Waals surface area contributed by atoms with E-state index < -0.39 is 5.97 Å². The Morgan fingerprint density at radius 1 is 1.15 bits per heavy atom. The number of ether oxygens (including phenoxy) is 3. The summed E-state index contributed by atoms with van der Waals surface area (Å²) in [6, 6.07) is 10.9. The number of carbonyl (C=O) groups is 2. The van der Waals surface area contributed by atoms with Crippen LogP contribution in [0.5, 0.6) is 11.5 Å². The predicted octanol–water partition coefficient (Wildman–Crippen LogP) is 3.05. The molecule has 1 aromatic heterocycles. The lowest BCUT2D eigenvalue weighted by Crippen LogP contribution is -2.25. The van der Waals surface area contributed by atoms with Crippen LogP contribution < -0.4 is 20.1 Å². The van der Waals surface area contributed by atoms with Gasteiger partial charge < -0.3 is 24.8 Å². The van der Waals surface area contributed by atoms with Gasteiger partial charge in [0.15, 0.2) is 23.9 Å². The summed E-state index contributed by atoms with van der Waals surface area (Å²) in [4.78, 5) is 23.5. The molecule has 0 atom stereocenters. The average molecular weight is 450 g/mol. The molecule has 1 aliphatic carbocycles. The molecule has 0 fully saturated rings. The largest absolute Gasteiger partial charge is 0.490 e. The molecule has 4 rings (SSSR count). The summed E-state index contributed by atoms with van der Waals surface area (Å²) in [5, 5.41) is 10.5. The fourth-order valence-electron chi connectivity index (χ4n) is 3.91. The molecule has 2 N–H and O–H groups in total. The first-order valence-corrected chi connectivity index (χ1v) is 10.6. The molecule has 1 heterocycles. The monoisotopic (exact) mass is 450 g/mol. The Hall–Kier alpha value is -4.01. The molecular formula is C24H26N4O5. The van der Waals surface area contributed by atoms with Crippen molar-refractivity contribution in [3.63, 3.8) is 0 Å². The summed E-state index contributed by atoms with van der Waals surface area (Å²) in [5.74, 6) is 1.19. The summed E-state index contributed by atoms with van der Waals surface area (Å²) >= 11 is 0. The van der Waals surface area contributed by atoms with Gasteiger partial charge in [0.2, 0.25) is 0 Å². The minimum atomic E-state index is -0.398. The number of esters is 1. The first-order valence-electron chi connectivity index (χ1n) is 10.6. The SMILES string of the molecule is CCOc1cc2c(cc1OCC(=O)NC)-c1c(c(Nc3cccc(C(=O)OC)c3)nn1C)C2. The second kappa shape index (κ2) is 9.23. The van der Waals surface area contributed by atoms with Crippen molar-refractivity contribution in [1.29, 1.82) is 0 Å². The number of hydrogen-bond donors (Lipinski definition) is 2. The molecule has 172 valence electrons. The number of aromatic nitrogens is 2. The van der Waals surface area contributed by atoms with Gasteiger partial charge >= 0.3 is 5.97 Å². The molecule has 9 nitrogen and oxygen atoms in total. The number of fused-ring (bicyclic) bond motifs is 3. The molecule has 33 heavy (non-hydrogen) atoms. The van der Waals surface area contributed by atoms with Crippen LogP contribution >= 0.6 is 0 Å². The summed E-state index contributed by atoms with van der Waals surface area (Å²) in [5.41, 5.74) is 5.25. The number of nitrogens with one attached hydrogen (secondary N) is 2. The van der Waals surface area contributed by atoms with Crippen molar-refractivity contribution in [3.8, 4) is 22.8 Å². The Balaban J connectivity index is 1.67. The number of likely N-dealkylation sites (N-methyl/N-ethyl adjacent to an activating group) is 1. The van der Waals surface area contributed by atoms with Crippen LogP contribution in [0.1, 0.15) is 28.4 Å². The van der Waals surface area contributed by atoms with E-state index in [1.54, 1.807) is 25.2 Å². The van der Waals surface area contributed by atoms with E-state index in [0.717, 1.165) is 28.1 Å². The highest BCUT2D eigenvalue weighted by atomic mass is 16.5. The third-order valence-corrected chi connectivity index (χ3v) is 5.42. The lowest BCUT2D eigenvalue weighted by atomic mass is 10.1. The fraction of sp³-hybridized carbons (Fsp3) is 0.292. The van der Waals surface area contributed by atoms with Crippen molar-refractivity contribution in [2.75, 3.05) is 32.7 Å². The standard InChI is InChI=1S/C24H26N4O5/c1-5-32-19-11-15-10-18-22(17(15)12-20(19)33-13-21(29)25-2)28(3)27-23(18)26-16-8-6-7-14(9-16)24(30)31-4/h6-9,11-12H,5,10,13H2,1-4H3,(H,25,29)(H,26,27). The van der Waals surface area contributed by atoms with Crippen LogP contribution in [0, 0.1) is 0 Å². The van der Waals surface area contributed by atoms with Crippen molar-refractivity contribution < 1.29 is 23.8 Å². The van der Waals surface area contributed by atoms with E-state index in [0.29, 0.717) is 35.9 Å². The highest BCUT2D eigenvalue weighted by molar-refractivity contribution is 5.91. The molecule has 1 aliphatic rings. The van der Waals surface area contributed by atoms with Crippen LogP contribution in [0.3, 0.4) is 0 Å². The smallest absolute Gasteiger partial charge is 0.337 e. The van der Waals surface area contributed by atoms with Gasteiger partial charge in [0.25, 0.3) is 5.91 Å². The number of benzene rings is 2. The molecule has 2 aromatic carbocycles. The fourth-order valence-corrected chi connectivity index (χ4v) is 3.91. The van der Waals surface area contributed by atoms with Crippen LogP contribution in [-0.2, 0) is 23.0 Å². The normalized spacial score (nSPS) is 11.4. The number of aryl methyl sites for hydroxylation is 1. The molecular weight excluding hydrogens is 424 g/mol. The highest BCUT2D eigenvalue weighted by Crippen LogP contribution is 2.45. The van der Waals surface area contributed by atoms with Gasteiger partial charge in [-0.25, -0.2) is 4.79 Å². The van der Waals surface area contributed by atoms with E-state index in [-0.39, 0.29) is 12.5 Å². The van der Waals surface area contributed by atoms with Crippen molar-refractivity contribution >= 4 is 23.4 Å². The second-order valence-electron chi connectivity index (χ2n) is 7.52. The predicted molar refractivity (Wildman–Crippen MR) is 123 cm³/mol. The Bertz CT molecular complexity index is 1220. The number of nitrogens with zero attached hydrogens (tertiary/aromatic N) is 2. The Labute approximate surface area is 191 Å². The van der Waals surface area contributed by atoms with Crippen molar-refractivity contribution in [2.24, 2.45) is 7.05 Å². The van der Waals surface area contributed by atoms with Gasteiger partial charge in [-0.1, -0.05) is 6.07 Å². The first-order chi connectivity index (χ1) is 15.9. The molecule has 3 aromatic rings. The second-order valence-corrected chi connectivity index (χ2v) is 7.52. The van der Waals surface area contributed by atoms with Crippen LogP contribution in [0.4, 0.5) is 11.5 Å². The van der Waals surface area contributed by atoms with Gasteiger partial charge in [0.1, 0.15) is 0 Å². The van der Waals surface area contributed by atoms with Gasteiger partial charge in [-0.3, -0.25) is 9.48 Å². The lowest BCUT2D eigenvalue weighted by Gasteiger charge is -2.14. The number of rotatable bonds is 8. The van der Waals surface area contributed by atoms with Gasteiger partial charge in [-0.05, 0) is 42.8 Å². The van der Waals surface area contributed by atoms with E-state index in [1.165, 1.54) is 7.11 Å². The maximum Gasteiger partial charge on any atom is 0.337 e. The van der Waals surface area contributed by atoms with Crippen molar-refractivity contribution in [2.45, 2.75) is 13.3 Å². The zero-order valence-corrected chi connectivity index (χ0v) is 19.0. The Morgan fingerprint density at radius 3 is 2.67 bits per heavy atom. The number of carbonyl (C=O) groups excluding carboxylic acids is 2. The number of anilines is 2. The zero-order chi connectivity index (χ0) is 23.5. The quantitative estimate of drug-likeness (QED) is 0.398. The summed E-state index contributed by atoms with van der Waals surface area (Å²) < 4.78 is 18.1. The van der Waals surface area contributed by atoms with Crippen LogP contribution in [0.15, 0.2) is 36.4 Å². The molecule has 0 unspecified atom stereocenters. The van der Waals surface area contributed by atoms with Gasteiger partial charge in [0.05, 0.1) is 25.0 Å². The molecule has 0 aliphatic heterocycles. The minimum absolute atomic E-state index is 0.100. The van der Waals surface area contributed by atoms with E-state index in [9.17, 15) is 9.59 Å². The molecule has 9 heteroatoms. The number of hydrogen-bond acceptors (Lipinski definition) is 7. The maximum atomic E-state index is 11.9. The molecule has 0 bridgehead atoms. The molecule has 0 spiro atoms. The van der Waals surface area contributed by atoms with Crippen LogP contribution in [0.25, 0.3) is 11.3 Å². The van der Waals surface area contributed by atoms with E-state index in [4.69, 9.17) is 14.2 Å². The topological polar surface area (TPSA) is 104 Å². The Morgan fingerprint density at radius 2 is 1.94 bits per heavy atom. The summed E-state index contributed by atoms with van der Waals surface area (Å²) in [6.45, 7) is 2.28.